The lowest BCUT2D eigenvalue weighted by molar-refractivity contribution is -0.174. The first-order chi connectivity index (χ1) is 14.9. The molecule has 1 aliphatic rings. The third-order valence-electron chi connectivity index (χ3n) is 6.74. The fraction of sp³-hybridized carbons (Fsp3) is 0.926. The highest BCUT2D eigenvalue weighted by molar-refractivity contribution is 5.99. The van der Waals surface area contributed by atoms with Crippen LogP contribution in [0, 0.1) is 11.3 Å². The van der Waals surface area contributed by atoms with Crippen molar-refractivity contribution in [1.82, 2.24) is 0 Å². The average molecular weight is 439 g/mol. The Hall–Kier alpha value is -1.06. The van der Waals surface area contributed by atoms with Crippen molar-refractivity contribution in [1.29, 1.82) is 0 Å². The maximum atomic E-state index is 12.5. The fourth-order valence-electron chi connectivity index (χ4n) is 4.19. The number of rotatable bonds is 17. The summed E-state index contributed by atoms with van der Waals surface area (Å²) in [5, 5.41) is 0. The normalized spacial score (nSPS) is 19.2. The van der Waals surface area contributed by atoms with E-state index in [9.17, 15) is 9.59 Å². The first kappa shape index (κ1) is 28.0. The summed E-state index contributed by atoms with van der Waals surface area (Å²) in [5.41, 5.74) is -1.22. The number of esters is 2. The largest absolute Gasteiger partial charge is 0.465 e. The maximum Gasteiger partial charge on any atom is 0.323 e. The van der Waals surface area contributed by atoms with Gasteiger partial charge in [-0.1, -0.05) is 90.9 Å². The minimum atomic E-state index is -1.22. The molecule has 0 spiro atoms. The van der Waals surface area contributed by atoms with Gasteiger partial charge in [0.25, 0.3) is 0 Å². The van der Waals surface area contributed by atoms with Crippen molar-refractivity contribution in [2.24, 2.45) is 11.3 Å². The predicted octanol–water partition coefficient (Wildman–Crippen LogP) is 7.77. The molecule has 1 rings (SSSR count). The maximum absolute atomic E-state index is 12.5. The van der Waals surface area contributed by atoms with Gasteiger partial charge in [0.05, 0.1) is 6.61 Å². The molecular weight excluding hydrogens is 388 g/mol. The van der Waals surface area contributed by atoms with Crippen LogP contribution in [0.2, 0.25) is 0 Å². The van der Waals surface area contributed by atoms with Crippen molar-refractivity contribution in [2.45, 2.75) is 143 Å². The van der Waals surface area contributed by atoms with Crippen molar-refractivity contribution >= 4 is 11.9 Å². The molecule has 0 aliphatic heterocycles. The molecule has 0 atom stereocenters. The minimum Gasteiger partial charge on any atom is -0.465 e. The zero-order chi connectivity index (χ0) is 23.0. The lowest BCUT2D eigenvalue weighted by Crippen LogP contribution is -2.39. The van der Waals surface area contributed by atoms with Gasteiger partial charge in [-0.3, -0.25) is 9.59 Å². The zero-order valence-corrected chi connectivity index (χ0v) is 21.0. The van der Waals surface area contributed by atoms with Crippen LogP contribution in [0.1, 0.15) is 137 Å². The van der Waals surface area contributed by atoms with E-state index in [2.05, 4.69) is 13.8 Å². The summed E-state index contributed by atoms with van der Waals surface area (Å²) in [6, 6.07) is 0. The van der Waals surface area contributed by atoms with Crippen molar-refractivity contribution in [3.63, 3.8) is 0 Å². The molecule has 0 aromatic carbocycles. The Bertz CT molecular complexity index is 478. The van der Waals surface area contributed by atoms with Crippen LogP contribution in [0.5, 0.6) is 0 Å². The van der Waals surface area contributed by atoms with Crippen LogP contribution >= 0.6 is 0 Å². The third kappa shape index (κ3) is 12.5. The lowest BCUT2D eigenvalue weighted by atomic mass is 9.88. The highest BCUT2D eigenvalue weighted by atomic mass is 16.6. The van der Waals surface area contributed by atoms with E-state index in [0.717, 1.165) is 38.5 Å². The van der Waals surface area contributed by atoms with E-state index < -0.39 is 17.4 Å². The Morgan fingerprint density at radius 2 is 1.16 bits per heavy atom. The molecule has 1 fully saturated rings. The van der Waals surface area contributed by atoms with Gasteiger partial charge < -0.3 is 9.47 Å². The Morgan fingerprint density at radius 1 is 0.710 bits per heavy atom. The second-order valence-corrected chi connectivity index (χ2v) is 10.3. The molecule has 0 aromatic rings. The van der Waals surface area contributed by atoms with Gasteiger partial charge in [-0.05, 0) is 51.9 Å². The number of carbonyl (C=O) groups excluding carboxylic acids is 2. The second kappa shape index (κ2) is 16.6. The molecule has 31 heavy (non-hydrogen) atoms. The van der Waals surface area contributed by atoms with Gasteiger partial charge in [0.2, 0.25) is 0 Å². The number of hydrogen-bond acceptors (Lipinski definition) is 4. The number of carbonyl (C=O) groups is 2. The van der Waals surface area contributed by atoms with Gasteiger partial charge in [-0.15, -0.1) is 0 Å². The minimum absolute atomic E-state index is 0.0446. The van der Waals surface area contributed by atoms with E-state index in [0.29, 0.717) is 12.5 Å². The van der Waals surface area contributed by atoms with Gasteiger partial charge in [0, 0.05) is 0 Å². The Kier molecular flexibility index (Phi) is 14.9. The van der Waals surface area contributed by atoms with Crippen molar-refractivity contribution < 1.29 is 19.1 Å². The van der Waals surface area contributed by atoms with Crippen LogP contribution in [0.3, 0.4) is 0 Å². The quantitative estimate of drug-likeness (QED) is 0.132. The molecule has 0 amide bonds. The molecule has 0 N–H and O–H groups in total. The second-order valence-electron chi connectivity index (χ2n) is 10.3. The summed E-state index contributed by atoms with van der Waals surface area (Å²) < 4.78 is 11.0. The molecule has 0 unspecified atom stereocenters. The molecule has 0 radical (unpaired) electrons. The van der Waals surface area contributed by atoms with Crippen LogP contribution in [0.15, 0.2) is 0 Å². The third-order valence-corrected chi connectivity index (χ3v) is 6.74. The summed E-state index contributed by atoms with van der Waals surface area (Å²) in [4.78, 5) is 24.9. The van der Waals surface area contributed by atoms with E-state index in [4.69, 9.17) is 9.47 Å². The molecular formula is C27H50O4. The summed E-state index contributed by atoms with van der Waals surface area (Å²) in [6.45, 7) is 8.13. The molecule has 0 bridgehead atoms. The summed E-state index contributed by atoms with van der Waals surface area (Å²) in [5.74, 6) is -0.198. The molecule has 182 valence electrons. The molecule has 0 saturated heterocycles. The van der Waals surface area contributed by atoms with Gasteiger partial charge in [0.1, 0.15) is 6.10 Å². The summed E-state index contributed by atoms with van der Waals surface area (Å²) in [7, 11) is 0. The molecule has 1 aliphatic carbocycles. The summed E-state index contributed by atoms with van der Waals surface area (Å²) in [6.07, 6.45) is 20.7. The van der Waals surface area contributed by atoms with Gasteiger partial charge in [-0.25, -0.2) is 0 Å². The molecule has 1 saturated carbocycles. The first-order valence-electron chi connectivity index (χ1n) is 13.3. The van der Waals surface area contributed by atoms with Crippen LogP contribution in [0.4, 0.5) is 0 Å². The summed E-state index contributed by atoms with van der Waals surface area (Å²) >= 11 is 0. The highest BCUT2D eigenvalue weighted by Crippen LogP contribution is 2.28. The van der Waals surface area contributed by atoms with E-state index >= 15 is 0 Å². The van der Waals surface area contributed by atoms with Crippen LogP contribution in [-0.4, -0.2) is 24.6 Å². The Balaban J connectivity index is 2.01. The van der Waals surface area contributed by atoms with Gasteiger partial charge >= 0.3 is 11.9 Å². The van der Waals surface area contributed by atoms with E-state index in [1.807, 2.05) is 0 Å². The fourth-order valence-corrected chi connectivity index (χ4v) is 4.19. The Morgan fingerprint density at radius 3 is 1.65 bits per heavy atom. The number of unbranched alkanes of at least 4 members (excludes halogenated alkanes) is 12. The standard InChI is InChI=1S/C27H50O4/c1-5-6-7-8-9-10-11-12-13-14-15-16-17-22-30-25(28)27(3,4)26(29)31-24-20-18-23(2)19-21-24/h23-24H,5-22H2,1-4H3. The molecule has 4 nitrogen and oxygen atoms in total. The Labute approximate surface area is 192 Å². The van der Waals surface area contributed by atoms with Gasteiger partial charge in [-0.2, -0.15) is 0 Å². The van der Waals surface area contributed by atoms with E-state index in [-0.39, 0.29) is 6.10 Å². The molecule has 0 heterocycles. The van der Waals surface area contributed by atoms with E-state index in [1.54, 1.807) is 13.8 Å². The molecule has 0 aromatic heterocycles. The lowest BCUT2D eigenvalue weighted by Gasteiger charge is -2.29. The van der Waals surface area contributed by atoms with Crippen LogP contribution < -0.4 is 0 Å². The number of ether oxygens (including phenoxy) is 2. The van der Waals surface area contributed by atoms with Crippen LogP contribution in [-0.2, 0) is 19.1 Å². The monoisotopic (exact) mass is 438 g/mol. The van der Waals surface area contributed by atoms with E-state index in [1.165, 1.54) is 70.6 Å². The first-order valence-corrected chi connectivity index (χ1v) is 13.3. The van der Waals surface area contributed by atoms with Crippen molar-refractivity contribution in [2.75, 3.05) is 6.61 Å². The molecule has 4 heteroatoms. The zero-order valence-electron chi connectivity index (χ0n) is 21.0. The predicted molar refractivity (Wildman–Crippen MR) is 128 cm³/mol. The smallest absolute Gasteiger partial charge is 0.323 e. The SMILES string of the molecule is CCCCCCCCCCCCCCCOC(=O)C(C)(C)C(=O)OC1CCC(C)CC1. The van der Waals surface area contributed by atoms with Gasteiger partial charge in [0.15, 0.2) is 5.41 Å². The van der Waals surface area contributed by atoms with Crippen molar-refractivity contribution in [3.05, 3.63) is 0 Å². The average Bonchev–Trinajstić information content (AvgIpc) is 2.75. The van der Waals surface area contributed by atoms with Crippen LogP contribution in [0.25, 0.3) is 0 Å². The van der Waals surface area contributed by atoms with Crippen molar-refractivity contribution in [3.8, 4) is 0 Å². The highest BCUT2D eigenvalue weighted by Gasteiger charge is 2.40. The topological polar surface area (TPSA) is 52.6 Å². The number of hydrogen-bond donors (Lipinski definition) is 0.